The van der Waals surface area contributed by atoms with E-state index in [0.717, 1.165) is 41.7 Å². The predicted molar refractivity (Wildman–Crippen MR) is 73.1 cm³/mol. The Balaban J connectivity index is 1.58. The van der Waals surface area contributed by atoms with Crippen LogP contribution in [0.25, 0.3) is 0 Å². The van der Waals surface area contributed by atoms with Gasteiger partial charge >= 0.3 is 0 Å². The summed E-state index contributed by atoms with van der Waals surface area (Å²) in [6.45, 7) is 0.524. The smallest absolute Gasteiger partial charge is 0.0994 e. The molecular weight excluding hydrogens is 236 g/mol. The van der Waals surface area contributed by atoms with Crippen molar-refractivity contribution in [2.45, 2.75) is 45.1 Å². The van der Waals surface area contributed by atoms with Crippen molar-refractivity contribution in [1.29, 1.82) is 0 Å². The Morgan fingerprint density at radius 2 is 1.74 bits per heavy atom. The zero-order chi connectivity index (χ0) is 13.0. The van der Waals surface area contributed by atoms with Crippen LogP contribution in [0, 0.1) is 29.6 Å². The molecule has 4 aliphatic rings. The second-order valence-corrected chi connectivity index (χ2v) is 7.11. The minimum absolute atomic E-state index is 0.524. The maximum Gasteiger partial charge on any atom is 0.0994 e. The van der Waals surface area contributed by atoms with E-state index in [1.807, 2.05) is 11.7 Å². The summed E-state index contributed by atoms with van der Waals surface area (Å²) >= 11 is 0. The zero-order valence-electron chi connectivity index (χ0n) is 11.8. The largest absolute Gasteiger partial charge is 0.325 e. The van der Waals surface area contributed by atoms with Crippen molar-refractivity contribution < 1.29 is 0 Å². The SMILES string of the molecule is Cn1nnc(CN)c1CC1C2CC3CC(C2)CC1C3. The average Bonchev–Trinajstić information content (AvgIpc) is 2.73. The Hall–Kier alpha value is -0.900. The Kier molecular flexibility index (Phi) is 2.69. The average molecular weight is 260 g/mol. The zero-order valence-corrected chi connectivity index (χ0v) is 11.8. The third-order valence-electron chi connectivity index (χ3n) is 6.07. The minimum atomic E-state index is 0.524. The summed E-state index contributed by atoms with van der Waals surface area (Å²) in [6, 6.07) is 0. The molecule has 19 heavy (non-hydrogen) atoms. The molecule has 0 aromatic carbocycles. The molecule has 4 bridgehead atoms. The highest BCUT2D eigenvalue weighted by atomic mass is 15.4. The van der Waals surface area contributed by atoms with Crippen molar-refractivity contribution in [3.05, 3.63) is 11.4 Å². The van der Waals surface area contributed by atoms with Gasteiger partial charge in [-0.25, -0.2) is 0 Å². The fraction of sp³-hybridized carbons (Fsp3) is 0.867. The topological polar surface area (TPSA) is 56.7 Å². The lowest BCUT2D eigenvalue weighted by Crippen LogP contribution is -2.46. The van der Waals surface area contributed by atoms with Crippen LogP contribution in [0.5, 0.6) is 0 Å². The number of nitrogens with two attached hydrogens (primary N) is 1. The van der Waals surface area contributed by atoms with Crippen molar-refractivity contribution >= 4 is 0 Å². The molecule has 0 saturated heterocycles. The van der Waals surface area contributed by atoms with Crippen LogP contribution in [0.15, 0.2) is 0 Å². The van der Waals surface area contributed by atoms with Crippen molar-refractivity contribution in [3.8, 4) is 0 Å². The summed E-state index contributed by atoms with van der Waals surface area (Å²) in [5, 5.41) is 8.36. The summed E-state index contributed by atoms with van der Waals surface area (Å²) in [5.41, 5.74) is 8.10. The van der Waals surface area contributed by atoms with Gasteiger partial charge in [0.1, 0.15) is 0 Å². The van der Waals surface area contributed by atoms with E-state index >= 15 is 0 Å². The first kappa shape index (κ1) is 11.9. The first-order valence-electron chi connectivity index (χ1n) is 7.82. The van der Waals surface area contributed by atoms with Crippen LogP contribution >= 0.6 is 0 Å². The highest BCUT2D eigenvalue weighted by Crippen LogP contribution is 2.57. The molecule has 1 aromatic rings. The lowest BCUT2D eigenvalue weighted by molar-refractivity contribution is -0.0367. The maximum absolute atomic E-state index is 5.80. The molecule has 4 fully saturated rings. The van der Waals surface area contributed by atoms with Gasteiger partial charge < -0.3 is 5.73 Å². The molecule has 0 amide bonds. The van der Waals surface area contributed by atoms with Gasteiger partial charge in [0.25, 0.3) is 0 Å². The normalized spacial score (nSPS) is 40.0. The monoisotopic (exact) mass is 260 g/mol. The standard InChI is InChI=1S/C15H24N4/c1-19-15(14(8-16)17-18-19)7-13-11-3-9-2-10(5-11)6-12(13)4-9/h9-13H,2-8,16H2,1H3. The van der Waals surface area contributed by atoms with E-state index in [2.05, 4.69) is 10.3 Å². The lowest BCUT2D eigenvalue weighted by Gasteiger charge is -2.54. The number of aryl methyl sites for hydroxylation is 1. The summed E-state index contributed by atoms with van der Waals surface area (Å²) < 4.78 is 1.95. The van der Waals surface area contributed by atoms with Gasteiger partial charge in [0.15, 0.2) is 0 Å². The second-order valence-electron chi connectivity index (χ2n) is 7.11. The quantitative estimate of drug-likeness (QED) is 0.903. The Labute approximate surface area is 114 Å². The van der Waals surface area contributed by atoms with Crippen LogP contribution in [0.4, 0.5) is 0 Å². The van der Waals surface area contributed by atoms with Crippen LogP contribution in [0.3, 0.4) is 0 Å². The summed E-state index contributed by atoms with van der Waals surface area (Å²) in [7, 11) is 2.01. The van der Waals surface area contributed by atoms with Gasteiger partial charge in [-0.05, 0) is 68.1 Å². The maximum atomic E-state index is 5.80. The lowest BCUT2D eigenvalue weighted by atomic mass is 9.51. The first-order valence-corrected chi connectivity index (χ1v) is 7.82. The molecule has 0 atom stereocenters. The highest BCUT2D eigenvalue weighted by molar-refractivity contribution is 5.13. The Morgan fingerprint density at radius 1 is 1.11 bits per heavy atom. The number of hydrogen-bond donors (Lipinski definition) is 1. The highest BCUT2D eigenvalue weighted by Gasteiger charge is 2.48. The van der Waals surface area contributed by atoms with E-state index in [-0.39, 0.29) is 0 Å². The molecule has 4 saturated carbocycles. The van der Waals surface area contributed by atoms with E-state index in [4.69, 9.17) is 5.73 Å². The van der Waals surface area contributed by atoms with E-state index in [1.165, 1.54) is 37.8 Å². The van der Waals surface area contributed by atoms with Crippen LogP contribution < -0.4 is 5.73 Å². The molecule has 104 valence electrons. The third kappa shape index (κ3) is 1.83. The van der Waals surface area contributed by atoms with Gasteiger partial charge in [0, 0.05) is 13.6 Å². The summed E-state index contributed by atoms with van der Waals surface area (Å²) in [5.74, 6) is 4.92. The van der Waals surface area contributed by atoms with Crippen LogP contribution in [-0.4, -0.2) is 15.0 Å². The van der Waals surface area contributed by atoms with Gasteiger partial charge in [-0.2, -0.15) is 0 Å². The molecule has 1 heterocycles. The Bertz CT molecular complexity index is 450. The van der Waals surface area contributed by atoms with E-state index in [1.54, 1.807) is 0 Å². The molecule has 0 radical (unpaired) electrons. The molecule has 0 aliphatic heterocycles. The molecule has 0 spiro atoms. The number of aromatic nitrogens is 3. The summed E-state index contributed by atoms with van der Waals surface area (Å²) in [6.07, 6.45) is 8.63. The van der Waals surface area contributed by atoms with Gasteiger partial charge in [0.2, 0.25) is 0 Å². The molecule has 0 unspecified atom stereocenters. The predicted octanol–water partition coefficient (Wildman–Crippen LogP) is 1.89. The van der Waals surface area contributed by atoms with Crippen LogP contribution in [0.1, 0.15) is 43.5 Å². The van der Waals surface area contributed by atoms with Gasteiger partial charge in [-0.1, -0.05) is 5.21 Å². The minimum Gasteiger partial charge on any atom is -0.325 e. The fourth-order valence-electron chi connectivity index (χ4n) is 5.42. The van der Waals surface area contributed by atoms with E-state index in [0.29, 0.717) is 6.54 Å². The molecule has 1 aromatic heterocycles. The number of hydrogen-bond acceptors (Lipinski definition) is 3. The molecular formula is C15H24N4. The van der Waals surface area contributed by atoms with E-state index in [9.17, 15) is 0 Å². The van der Waals surface area contributed by atoms with Gasteiger partial charge in [-0.15, -0.1) is 5.10 Å². The molecule has 2 N–H and O–H groups in total. The third-order valence-corrected chi connectivity index (χ3v) is 6.07. The first-order chi connectivity index (χ1) is 9.24. The fourth-order valence-corrected chi connectivity index (χ4v) is 5.42. The van der Waals surface area contributed by atoms with Gasteiger partial charge in [-0.3, -0.25) is 4.68 Å². The van der Waals surface area contributed by atoms with Gasteiger partial charge in [0.05, 0.1) is 11.4 Å². The van der Waals surface area contributed by atoms with Crippen LogP contribution in [0.2, 0.25) is 0 Å². The molecule has 4 aliphatic carbocycles. The van der Waals surface area contributed by atoms with E-state index < -0.39 is 0 Å². The Morgan fingerprint density at radius 3 is 2.32 bits per heavy atom. The second kappa shape index (κ2) is 4.30. The van der Waals surface area contributed by atoms with Crippen molar-refractivity contribution in [3.63, 3.8) is 0 Å². The number of rotatable bonds is 3. The molecule has 4 heteroatoms. The van der Waals surface area contributed by atoms with Crippen molar-refractivity contribution in [2.24, 2.45) is 42.4 Å². The number of nitrogens with zero attached hydrogens (tertiary/aromatic N) is 3. The molecule has 4 nitrogen and oxygen atoms in total. The van der Waals surface area contributed by atoms with Crippen molar-refractivity contribution in [2.75, 3.05) is 0 Å². The molecule has 5 rings (SSSR count). The van der Waals surface area contributed by atoms with Crippen molar-refractivity contribution in [1.82, 2.24) is 15.0 Å². The van der Waals surface area contributed by atoms with Crippen LogP contribution in [-0.2, 0) is 20.0 Å². The summed E-state index contributed by atoms with van der Waals surface area (Å²) in [4.78, 5) is 0.